The molecule has 0 saturated carbocycles. The Morgan fingerprint density at radius 3 is 1.88 bits per heavy atom. The maximum atomic E-state index is 5.94. The molecular formula is C21H29NO2. The van der Waals surface area contributed by atoms with Crippen LogP contribution >= 0.6 is 0 Å². The van der Waals surface area contributed by atoms with Crippen molar-refractivity contribution in [2.24, 2.45) is 0 Å². The summed E-state index contributed by atoms with van der Waals surface area (Å²) in [6.45, 7) is 9.18. The number of hydrogen-bond donors (Lipinski definition) is 1. The largest absolute Gasteiger partial charge is 0.491 e. The first-order valence-electron chi connectivity index (χ1n) is 8.86. The molecule has 0 aliphatic rings. The highest BCUT2D eigenvalue weighted by atomic mass is 16.5. The average Bonchev–Trinajstić information content (AvgIpc) is 2.61. The van der Waals surface area contributed by atoms with Gasteiger partial charge in [0.15, 0.2) is 0 Å². The van der Waals surface area contributed by atoms with E-state index in [4.69, 9.17) is 9.47 Å². The maximum absolute atomic E-state index is 5.94. The van der Waals surface area contributed by atoms with Crippen LogP contribution in [0.4, 0.5) is 5.69 Å². The molecule has 0 heterocycles. The van der Waals surface area contributed by atoms with E-state index in [1.807, 2.05) is 36.4 Å². The molecule has 2 rings (SSSR count). The number of nitrogens with one attached hydrogen (secondary N) is 1. The van der Waals surface area contributed by atoms with E-state index in [-0.39, 0.29) is 12.2 Å². The van der Waals surface area contributed by atoms with Crippen LogP contribution in [0.3, 0.4) is 0 Å². The van der Waals surface area contributed by atoms with Gasteiger partial charge in [0.05, 0.1) is 12.6 Å². The molecule has 0 aliphatic heterocycles. The predicted molar refractivity (Wildman–Crippen MR) is 101 cm³/mol. The zero-order chi connectivity index (χ0) is 17.4. The summed E-state index contributed by atoms with van der Waals surface area (Å²) in [7, 11) is 0. The Balaban J connectivity index is 1.79. The molecule has 2 aromatic carbocycles. The van der Waals surface area contributed by atoms with Gasteiger partial charge in [-0.15, -0.1) is 0 Å². The summed E-state index contributed by atoms with van der Waals surface area (Å²) < 4.78 is 11.7. The van der Waals surface area contributed by atoms with Crippen molar-refractivity contribution in [3.05, 3.63) is 54.1 Å². The van der Waals surface area contributed by atoms with E-state index >= 15 is 0 Å². The molecule has 2 atom stereocenters. The van der Waals surface area contributed by atoms with Gasteiger partial charge < -0.3 is 14.8 Å². The van der Waals surface area contributed by atoms with E-state index in [1.165, 1.54) is 5.56 Å². The lowest BCUT2D eigenvalue weighted by Gasteiger charge is -2.17. The van der Waals surface area contributed by atoms with Crippen LogP contribution in [0, 0.1) is 0 Å². The fourth-order valence-corrected chi connectivity index (χ4v) is 2.31. The third-order valence-corrected chi connectivity index (χ3v) is 4.03. The van der Waals surface area contributed by atoms with Crippen molar-refractivity contribution in [2.45, 2.75) is 52.7 Å². The second-order valence-corrected chi connectivity index (χ2v) is 6.17. The van der Waals surface area contributed by atoms with Gasteiger partial charge in [-0.1, -0.05) is 26.0 Å². The smallest absolute Gasteiger partial charge is 0.119 e. The van der Waals surface area contributed by atoms with Crippen molar-refractivity contribution >= 4 is 5.69 Å². The molecule has 0 radical (unpaired) electrons. The SMILES string of the molecule is CCc1ccc(OC(C)CNc2ccc(OC(C)CC)cc2)cc1. The first kappa shape index (κ1) is 18.2. The van der Waals surface area contributed by atoms with Gasteiger partial charge >= 0.3 is 0 Å². The van der Waals surface area contributed by atoms with Crippen LogP contribution in [-0.4, -0.2) is 18.8 Å². The van der Waals surface area contributed by atoms with Crippen LogP contribution in [0.2, 0.25) is 0 Å². The summed E-state index contributed by atoms with van der Waals surface area (Å²) in [6, 6.07) is 16.4. The van der Waals surface area contributed by atoms with Crippen molar-refractivity contribution in [3.63, 3.8) is 0 Å². The molecule has 0 fully saturated rings. The summed E-state index contributed by atoms with van der Waals surface area (Å²) >= 11 is 0. The van der Waals surface area contributed by atoms with Gasteiger partial charge in [-0.05, 0) is 68.7 Å². The number of rotatable bonds is 9. The molecule has 24 heavy (non-hydrogen) atoms. The fourth-order valence-electron chi connectivity index (χ4n) is 2.31. The zero-order valence-corrected chi connectivity index (χ0v) is 15.2. The Kier molecular flexibility index (Phi) is 6.98. The quantitative estimate of drug-likeness (QED) is 0.677. The number of anilines is 1. The van der Waals surface area contributed by atoms with Gasteiger partial charge in [-0.3, -0.25) is 0 Å². The van der Waals surface area contributed by atoms with E-state index in [0.717, 1.165) is 36.6 Å². The van der Waals surface area contributed by atoms with Crippen molar-refractivity contribution < 1.29 is 9.47 Å². The summed E-state index contributed by atoms with van der Waals surface area (Å²) in [5.41, 5.74) is 2.40. The Labute approximate surface area is 146 Å². The minimum absolute atomic E-state index is 0.0912. The summed E-state index contributed by atoms with van der Waals surface area (Å²) in [6.07, 6.45) is 2.40. The zero-order valence-electron chi connectivity index (χ0n) is 15.2. The van der Waals surface area contributed by atoms with Crippen LogP contribution in [-0.2, 0) is 6.42 Å². The summed E-state index contributed by atoms with van der Waals surface area (Å²) in [4.78, 5) is 0. The molecule has 1 N–H and O–H groups in total. The molecule has 0 saturated heterocycles. The minimum atomic E-state index is 0.0912. The lowest BCUT2D eigenvalue weighted by molar-refractivity contribution is 0.217. The Hall–Kier alpha value is -2.16. The molecule has 3 heteroatoms. The van der Waals surface area contributed by atoms with Gasteiger partial charge in [0, 0.05) is 5.69 Å². The monoisotopic (exact) mass is 327 g/mol. The first-order chi connectivity index (χ1) is 11.6. The van der Waals surface area contributed by atoms with Crippen LogP contribution < -0.4 is 14.8 Å². The normalized spacial score (nSPS) is 13.2. The van der Waals surface area contributed by atoms with Crippen molar-refractivity contribution in [3.8, 4) is 11.5 Å². The summed E-state index contributed by atoms with van der Waals surface area (Å²) in [5, 5.41) is 3.40. The van der Waals surface area contributed by atoms with E-state index in [0.29, 0.717) is 0 Å². The van der Waals surface area contributed by atoms with Crippen molar-refractivity contribution in [1.82, 2.24) is 0 Å². The van der Waals surface area contributed by atoms with E-state index < -0.39 is 0 Å². The number of hydrogen-bond acceptors (Lipinski definition) is 3. The van der Waals surface area contributed by atoms with Gasteiger partial charge in [-0.25, -0.2) is 0 Å². The van der Waals surface area contributed by atoms with Crippen molar-refractivity contribution in [2.75, 3.05) is 11.9 Å². The fraction of sp³-hybridized carbons (Fsp3) is 0.429. The molecule has 130 valence electrons. The third-order valence-electron chi connectivity index (χ3n) is 4.03. The van der Waals surface area contributed by atoms with Crippen molar-refractivity contribution in [1.29, 1.82) is 0 Å². The highest BCUT2D eigenvalue weighted by Gasteiger charge is 2.05. The van der Waals surface area contributed by atoms with Crippen LogP contribution in [0.1, 0.15) is 39.7 Å². The van der Waals surface area contributed by atoms with Crippen LogP contribution in [0.15, 0.2) is 48.5 Å². The number of benzene rings is 2. The molecular weight excluding hydrogens is 298 g/mol. The topological polar surface area (TPSA) is 30.5 Å². The second-order valence-electron chi connectivity index (χ2n) is 6.17. The lowest BCUT2D eigenvalue weighted by Crippen LogP contribution is -2.22. The predicted octanol–water partition coefficient (Wildman–Crippen LogP) is 5.31. The molecule has 2 unspecified atom stereocenters. The van der Waals surface area contributed by atoms with Crippen LogP contribution in [0.5, 0.6) is 11.5 Å². The van der Waals surface area contributed by atoms with Crippen LogP contribution in [0.25, 0.3) is 0 Å². The second kappa shape index (κ2) is 9.21. The van der Waals surface area contributed by atoms with E-state index in [1.54, 1.807) is 0 Å². The van der Waals surface area contributed by atoms with E-state index in [9.17, 15) is 0 Å². The van der Waals surface area contributed by atoms with Gasteiger partial charge in [0.25, 0.3) is 0 Å². The molecule has 0 spiro atoms. The minimum Gasteiger partial charge on any atom is -0.491 e. The molecule has 0 amide bonds. The Bertz CT molecular complexity index is 592. The Morgan fingerprint density at radius 2 is 1.33 bits per heavy atom. The van der Waals surface area contributed by atoms with E-state index in [2.05, 4.69) is 45.1 Å². The highest BCUT2D eigenvalue weighted by Crippen LogP contribution is 2.18. The molecule has 0 aliphatic carbocycles. The van der Waals surface area contributed by atoms with Gasteiger partial charge in [0.1, 0.15) is 17.6 Å². The maximum Gasteiger partial charge on any atom is 0.119 e. The number of ether oxygens (including phenoxy) is 2. The first-order valence-corrected chi connectivity index (χ1v) is 8.86. The molecule has 3 nitrogen and oxygen atoms in total. The van der Waals surface area contributed by atoms with Gasteiger partial charge in [-0.2, -0.15) is 0 Å². The lowest BCUT2D eigenvalue weighted by atomic mass is 10.2. The molecule has 2 aromatic rings. The highest BCUT2D eigenvalue weighted by molar-refractivity contribution is 5.46. The third kappa shape index (κ3) is 5.80. The molecule has 0 bridgehead atoms. The standard InChI is InChI=1S/C21H29NO2/c1-5-16(3)23-21-13-9-19(10-14-21)22-15-17(4)24-20-11-7-18(6-2)8-12-20/h7-14,16-17,22H,5-6,15H2,1-4H3. The average molecular weight is 327 g/mol. The Morgan fingerprint density at radius 1 is 0.792 bits per heavy atom. The molecule has 0 aromatic heterocycles. The van der Waals surface area contributed by atoms with Gasteiger partial charge in [0.2, 0.25) is 0 Å². The number of aryl methyl sites for hydroxylation is 1. The summed E-state index contributed by atoms with van der Waals surface area (Å²) in [5.74, 6) is 1.83.